The minimum atomic E-state index is -1.05. The van der Waals surface area contributed by atoms with Crippen LogP contribution in [0, 0.1) is 35.5 Å². The summed E-state index contributed by atoms with van der Waals surface area (Å²) >= 11 is 0. The van der Waals surface area contributed by atoms with Crippen molar-refractivity contribution in [2.24, 2.45) is 23.2 Å². The van der Waals surface area contributed by atoms with Gasteiger partial charge in [-0.15, -0.1) is 6.42 Å². The Balaban J connectivity index is 0.946. The highest BCUT2D eigenvalue weighted by Gasteiger charge is 2.61. The molecule has 3 aliphatic heterocycles. The number of aromatic nitrogens is 1. The van der Waals surface area contributed by atoms with Crippen LogP contribution in [0.2, 0.25) is 0 Å². The molecule has 4 heterocycles. The molecule has 0 spiro atoms. The summed E-state index contributed by atoms with van der Waals surface area (Å²) in [5.41, 5.74) is 3.34. The minimum Gasteiger partial charge on any atom is -0.424 e. The van der Waals surface area contributed by atoms with Crippen molar-refractivity contribution in [3.05, 3.63) is 65.4 Å². The van der Waals surface area contributed by atoms with Crippen LogP contribution < -0.4 is 9.64 Å². The molecule has 9 rings (SSSR count). The predicted octanol–water partition coefficient (Wildman–Crippen LogP) is 5.66. The first-order valence-electron chi connectivity index (χ1n) is 21.0. The molecule has 2 saturated carbocycles. The van der Waals surface area contributed by atoms with Crippen LogP contribution in [-0.2, 0) is 16.0 Å². The van der Waals surface area contributed by atoms with Gasteiger partial charge in [0.2, 0.25) is 5.91 Å². The molecule has 294 valence electrons. The first-order chi connectivity index (χ1) is 27.1. The molecule has 1 aromatic heterocycles. The zero-order valence-electron chi connectivity index (χ0n) is 32.9. The van der Waals surface area contributed by atoms with Gasteiger partial charge in [0.1, 0.15) is 17.3 Å². The number of pyridine rings is 1. The third kappa shape index (κ3) is 6.26. The van der Waals surface area contributed by atoms with Crippen LogP contribution >= 0.6 is 0 Å². The van der Waals surface area contributed by atoms with Gasteiger partial charge in [-0.25, -0.2) is 4.98 Å². The fraction of sp³-hybridized carbons (Fsp3) is 0.565. The van der Waals surface area contributed by atoms with E-state index in [9.17, 15) is 19.5 Å². The Morgan fingerprint density at radius 2 is 1.70 bits per heavy atom. The number of hydrogen-bond acceptors (Lipinski definition) is 8. The highest BCUT2D eigenvalue weighted by atomic mass is 16.5. The molecule has 1 N–H and O–H groups in total. The van der Waals surface area contributed by atoms with E-state index in [0.29, 0.717) is 74.8 Å². The standard InChI is InChI=1S/C46H55N5O5/c1-4-46(55)20-16-36-34-13-11-32-28-41(56-44(54)31-17-22-48(3)23-18-31)40(29-35(32)33(34)15-19-45(36,46)2)49-24-26-50(27-25-49)43(53)39-10-7-21-51(39)42(52)38-14-12-30-8-5-6-9-37(30)47-38/h1,5-6,8-9,12,14,28-29,31,33-34,36,39,55H,7,10-11,13,15-27H2,2-3H3/t33?,34-,36?,39+,45+,46+/m1/s1. The molecule has 6 atom stereocenters. The summed E-state index contributed by atoms with van der Waals surface area (Å²) in [6, 6.07) is 15.4. The van der Waals surface area contributed by atoms with E-state index in [-0.39, 0.29) is 29.1 Å². The highest BCUT2D eigenvalue weighted by molar-refractivity contribution is 5.98. The molecule has 10 heteroatoms. The van der Waals surface area contributed by atoms with Crippen molar-refractivity contribution in [3.8, 4) is 18.1 Å². The number of piperidine rings is 1. The van der Waals surface area contributed by atoms with E-state index < -0.39 is 11.6 Å². The molecule has 2 amide bonds. The van der Waals surface area contributed by atoms with Crippen LogP contribution in [0.4, 0.5) is 5.69 Å². The predicted molar refractivity (Wildman–Crippen MR) is 215 cm³/mol. The Kier molecular flexibility index (Phi) is 9.61. The fourth-order valence-corrected chi connectivity index (χ4v) is 11.6. The number of piperazine rings is 1. The van der Waals surface area contributed by atoms with Gasteiger partial charge in [-0.1, -0.05) is 37.1 Å². The van der Waals surface area contributed by atoms with Crippen molar-refractivity contribution in [2.45, 2.75) is 88.7 Å². The second-order valence-corrected chi connectivity index (χ2v) is 17.8. The molecule has 5 fully saturated rings. The molecule has 6 aliphatic rings. The van der Waals surface area contributed by atoms with Crippen LogP contribution in [0.5, 0.6) is 5.75 Å². The number of hydrogen-bond donors (Lipinski definition) is 1. The summed E-state index contributed by atoms with van der Waals surface area (Å²) in [4.78, 5) is 54.4. The summed E-state index contributed by atoms with van der Waals surface area (Å²) in [6.45, 7) is 6.75. The third-order valence-corrected chi connectivity index (χ3v) is 15.0. The van der Waals surface area contributed by atoms with Gasteiger partial charge >= 0.3 is 5.97 Å². The van der Waals surface area contributed by atoms with Gasteiger partial charge in [-0.3, -0.25) is 14.4 Å². The summed E-state index contributed by atoms with van der Waals surface area (Å²) in [5.74, 6) is 4.13. The number of benzene rings is 2. The van der Waals surface area contributed by atoms with Gasteiger partial charge in [0.15, 0.2) is 5.75 Å². The Morgan fingerprint density at radius 3 is 2.48 bits per heavy atom. The number of carbonyl (C=O) groups excluding carboxylic acids is 3. The molecule has 2 aromatic carbocycles. The average molecular weight is 758 g/mol. The summed E-state index contributed by atoms with van der Waals surface area (Å²) < 4.78 is 6.38. The lowest BCUT2D eigenvalue weighted by Crippen LogP contribution is -2.54. The maximum atomic E-state index is 14.1. The number of esters is 1. The monoisotopic (exact) mass is 757 g/mol. The zero-order chi connectivity index (χ0) is 38.8. The lowest BCUT2D eigenvalue weighted by Gasteiger charge is -2.52. The van der Waals surface area contributed by atoms with Crippen molar-refractivity contribution >= 4 is 34.4 Å². The normalized spacial score (nSPS) is 30.7. The number of carbonyl (C=O) groups is 3. The van der Waals surface area contributed by atoms with E-state index >= 15 is 0 Å². The van der Waals surface area contributed by atoms with Gasteiger partial charge in [0.25, 0.3) is 5.91 Å². The molecule has 0 bridgehead atoms. The quantitative estimate of drug-likeness (QED) is 0.202. The molecular weight excluding hydrogens is 703 g/mol. The van der Waals surface area contributed by atoms with Gasteiger partial charge < -0.3 is 29.4 Å². The van der Waals surface area contributed by atoms with Crippen LogP contribution in [0.1, 0.15) is 92.2 Å². The van der Waals surface area contributed by atoms with E-state index in [1.165, 1.54) is 11.1 Å². The smallest absolute Gasteiger partial charge is 0.314 e. The Labute approximate surface area is 330 Å². The van der Waals surface area contributed by atoms with Gasteiger partial charge in [-0.05, 0) is 137 Å². The number of terminal acetylenes is 1. The van der Waals surface area contributed by atoms with E-state index in [4.69, 9.17) is 11.2 Å². The Bertz CT molecular complexity index is 2080. The largest absolute Gasteiger partial charge is 0.424 e. The van der Waals surface area contributed by atoms with Crippen molar-refractivity contribution in [2.75, 3.05) is 57.8 Å². The Hall–Kier alpha value is -4.46. The van der Waals surface area contributed by atoms with Crippen LogP contribution in [0.15, 0.2) is 48.5 Å². The topological polar surface area (TPSA) is 107 Å². The number of nitrogens with zero attached hydrogens (tertiary/aromatic N) is 5. The second kappa shape index (κ2) is 14.5. The molecule has 56 heavy (non-hydrogen) atoms. The number of aliphatic hydroxyl groups is 1. The number of fused-ring (bicyclic) bond motifs is 6. The van der Waals surface area contributed by atoms with Crippen molar-refractivity contribution in [1.82, 2.24) is 19.7 Å². The molecule has 3 saturated heterocycles. The van der Waals surface area contributed by atoms with E-state index in [1.54, 1.807) is 11.0 Å². The molecule has 10 nitrogen and oxygen atoms in total. The summed E-state index contributed by atoms with van der Waals surface area (Å²) in [5, 5.41) is 12.5. The first-order valence-corrected chi connectivity index (χ1v) is 21.0. The van der Waals surface area contributed by atoms with Gasteiger partial charge in [-0.2, -0.15) is 0 Å². The van der Waals surface area contributed by atoms with Crippen molar-refractivity contribution < 1.29 is 24.2 Å². The fourth-order valence-electron chi connectivity index (χ4n) is 11.6. The zero-order valence-corrected chi connectivity index (χ0v) is 32.9. The Morgan fingerprint density at radius 1 is 0.911 bits per heavy atom. The van der Waals surface area contributed by atoms with Gasteiger partial charge in [0.05, 0.1) is 17.1 Å². The number of rotatable bonds is 5. The van der Waals surface area contributed by atoms with Crippen molar-refractivity contribution in [1.29, 1.82) is 0 Å². The number of likely N-dealkylation sites (tertiary alicyclic amines) is 2. The molecule has 3 aromatic rings. The molecular formula is C46H55N5O5. The maximum absolute atomic E-state index is 14.1. The van der Waals surface area contributed by atoms with Crippen LogP contribution in [-0.4, -0.2) is 107 Å². The SMILES string of the molecule is C#C[C@]1(O)CCC2[C@@H]3CCc4cc(OC(=O)C5CCN(C)CC5)c(N5CCN(C(=O)[C@@H]6CCCN6C(=O)c6ccc7ccccc7n6)CC5)cc4C3CC[C@@]21C. The summed E-state index contributed by atoms with van der Waals surface area (Å²) in [6.07, 6.45) is 14.4. The van der Waals surface area contributed by atoms with Crippen LogP contribution in [0.25, 0.3) is 10.9 Å². The number of aryl methyl sites for hydroxylation is 1. The molecule has 3 aliphatic carbocycles. The highest BCUT2D eigenvalue weighted by Crippen LogP contribution is 2.64. The molecule has 0 radical (unpaired) electrons. The number of amides is 2. The third-order valence-electron chi connectivity index (χ3n) is 15.0. The van der Waals surface area contributed by atoms with E-state index in [1.807, 2.05) is 35.2 Å². The van der Waals surface area contributed by atoms with E-state index in [2.05, 4.69) is 46.8 Å². The average Bonchev–Trinajstić information content (AvgIpc) is 3.82. The second-order valence-electron chi connectivity index (χ2n) is 17.8. The lowest BCUT2D eigenvalue weighted by atomic mass is 9.53. The number of para-hydroxylation sites is 1. The lowest BCUT2D eigenvalue weighted by molar-refractivity contribution is -0.140. The van der Waals surface area contributed by atoms with Crippen LogP contribution in [0.3, 0.4) is 0 Å². The maximum Gasteiger partial charge on any atom is 0.314 e. The number of anilines is 1. The summed E-state index contributed by atoms with van der Waals surface area (Å²) in [7, 11) is 2.09. The van der Waals surface area contributed by atoms with Crippen molar-refractivity contribution in [3.63, 3.8) is 0 Å². The number of ether oxygens (including phenoxy) is 1. The first kappa shape index (κ1) is 37.1. The minimum absolute atomic E-state index is 0.00719. The molecule has 2 unspecified atom stereocenters. The van der Waals surface area contributed by atoms with E-state index in [0.717, 1.165) is 81.0 Å². The van der Waals surface area contributed by atoms with Gasteiger partial charge in [0, 0.05) is 43.5 Å².